The first kappa shape index (κ1) is 18.7. The molecular weight excluding hydrogens is 284 g/mol. The van der Waals surface area contributed by atoms with E-state index in [1.165, 1.54) is 21.1 Å². The maximum Gasteiger partial charge on any atom is 0.328 e. The van der Waals surface area contributed by atoms with Crippen LogP contribution in [0.25, 0.3) is 0 Å². The molecule has 0 radical (unpaired) electrons. The minimum absolute atomic E-state index is 0.0133. The summed E-state index contributed by atoms with van der Waals surface area (Å²) < 4.78 is 13.4. The second kappa shape index (κ2) is 9.56. The van der Waals surface area contributed by atoms with Gasteiger partial charge in [-0.2, -0.15) is 0 Å². The van der Waals surface area contributed by atoms with Gasteiger partial charge in [-0.25, -0.2) is 14.4 Å². The molecule has 2 atom stereocenters. The monoisotopic (exact) mass is 304 g/mol. The minimum atomic E-state index is -1.03. The molecular formula is C12H20N2O7. The summed E-state index contributed by atoms with van der Waals surface area (Å²) in [5, 5.41) is 4.61. The Morgan fingerprint density at radius 2 is 1.48 bits per heavy atom. The van der Waals surface area contributed by atoms with E-state index in [1.807, 2.05) is 0 Å². The van der Waals surface area contributed by atoms with Gasteiger partial charge in [-0.1, -0.05) is 0 Å². The van der Waals surface area contributed by atoms with Crippen LogP contribution in [0, 0.1) is 0 Å². The summed E-state index contributed by atoms with van der Waals surface area (Å²) in [6.45, 7) is 1.42. The number of amides is 2. The molecule has 0 bridgehead atoms. The van der Waals surface area contributed by atoms with Gasteiger partial charge in [-0.15, -0.1) is 0 Å². The van der Waals surface area contributed by atoms with Crippen LogP contribution in [0.1, 0.15) is 19.8 Å². The van der Waals surface area contributed by atoms with Crippen molar-refractivity contribution in [2.75, 3.05) is 21.3 Å². The van der Waals surface area contributed by atoms with Crippen LogP contribution in [0.2, 0.25) is 0 Å². The molecule has 120 valence electrons. The Kier molecular flexibility index (Phi) is 8.51. The third-order valence-corrected chi connectivity index (χ3v) is 2.56. The van der Waals surface area contributed by atoms with E-state index < -0.39 is 36.0 Å². The van der Waals surface area contributed by atoms with Crippen molar-refractivity contribution in [3.8, 4) is 0 Å². The molecule has 0 rings (SSSR count). The Hall–Kier alpha value is -2.32. The molecule has 0 saturated carbocycles. The lowest BCUT2D eigenvalue weighted by atomic mass is 10.1. The van der Waals surface area contributed by atoms with Crippen LogP contribution < -0.4 is 10.6 Å². The predicted octanol–water partition coefficient (Wildman–Crippen LogP) is -0.658. The number of methoxy groups -OCH3 is 3. The van der Waals surface area contributed by atoms with E-state index in [4.69, 9.17) is 0 Å². The average Bonchev–Trinajstić information content (AvgIpc) is 2.48. The maximum absolute atomic E-state index is 11.7. The molecule has 2 amide bonds. The van der Waals surface area contributed by atoms with Gasteiger partial charge in [-0.3, -0.25) is 4.79 Å². The average molecular weight is 304 g/mol. The topological polar surface area (TPSA) is 120 Å². The maximum atomic E-state index is 11.7. The lowest BCUT2D eigenvalue weighted by Crippen LogP contribution is -2.50. The molecule has 0 fully saturated rings. The third-order valence-electron chi connectivity index (χ3n) is 2.56. The lowest BCUT2D eigenvalue weighted by Gasteiger charge is -2.18. The van der Waals surface area contributed by atoms with Crippen LogP contribution in [0.3, 0.4) is 0 Å². The van der Waals surface area contributed by atoms with Crippen molar-refractivity contribution >= 4 is 23.9 Å². The van der Waals surface area contributed by atoms with Crippen molar-refractivity contribution < 1.29 is 33.4 Å². The summed E-state index contributed by atoms with van der Waals surface area (Å²) in [4.78, 5) is 45.4. The van der Waals surface area contributed by atoms with Gasteiger partial charge in [0.05, 0.1) is 21.3 Å². The fraction of sp³-hybridized carbons (Fsp3) is 0.667. The molecule has 0 aromatic carbocycles. The molecule has 0 aliphatic carbocycles. The van der Waals surface area contributed by atoms with Gasteiger partial charge in [0.1, 0.15) is 12.1 Å². The fourth-order valence-electron chi connectivity index (χ4n) is 1.39. The van der Waals surface area contributed by atoms with Crippen LogP contribution in [-0.4, -0.2) is 57.4 Å². The Bertz CT molecular complexity index is 397. The summed E-state index contributed by atoms with van der Waals surface area (Å²) in [7, 11) is 3.56. The van der Waals surface area contributed by atoms with Gasteiger partial charge in [0.2, 0.25) is 0 Å². The molecule has 9 heteroatoms. The Morgan fingerprint density at radius 3 is 1.95 bits per heavy atom. The molecule has 0 aromatic heterocycles. The van der Waals surface area contributed by atoms with E-state index in [-0.39, 0.29) is 12.8 Å². The van der Waals surface area contributed by atoms with Crippen LogP contribution in [-0.2, 0) is 28.6 Å². The molecule has 9 nitrogen and oxygen atoms in total. The lowest BCUT2D eigenvalue weighted by molar-refractivity contribution is -0.144. The number of carbonyl (C=O) groups is 4. The Morgan fingerprint density at radius 1 is 0.905 bits per heavy atom. The Labute approximate surface area is 122 Å². The van der Waals surface area contributed by atoms with Crippen molar-refractivity contribution in [2.24, 2.45) is 0 Å². The molecule has 0 aromatic rings. The number of hydrogen-bond donors (Lipinski definition) is 2. The number of nitrogens with one attached hydrogen (secondary N) is 2. The van der Waals surface area contributed by atoms with E-state index in [0.29, 0.717) is 0 Å². The van der Waals surface area contributed by atoms with E-state index in [1.54, 1.807) is 0 Å². The van der Waals surface area contributed by atoms with Crippen molar-refractivity contribution in [3.63, 3.8) is 0 Å². The fourth-order valence-corrected chi connectivity index (χ4v) is 1.39. The number of esters is 3. The van der Waals surface area contributed by atoms with Gasteiger partial charge >= 0.3 is 23.9 Å². The summed E-state index contributed by atoms with van der Waals surface area (Å²) in [6, 6.07) is -2.67. The van der Waals surface area contributed by atoms with Gasteiger partial charge < -0.3 is 24.8 Å². The largest absolute Gasteiger partial charge is 0.469 e. The van der Waals surface area contributed by atoms with Gasteiger partial charge in [-0.05, 0) is 13.3 Å². The third kappa shape index (κ3) is 7.14. The number of carbonyl (C=O) groups excluding carboxylic acids is 4. The number of rotatable bonds is 7. The zero-order chi connectivity index (χ0) is 16.4. The molecule has 0 heterocycles. The van der Waals surface area contributed by atoms with Crippen LogP contribution >= 0.6 is 0 Å². The number of hydrogen-bond acceptors (Lipinski definition) is 7. The highest BCUT2D eigenvalue weighted by Crippen LogP contribution is 2.01. The van der Waals surface area contributed by atoms with Gasteiger partial charge in [0, 0.05) is 6.42 Å². The zero-order valence-corrected chi connectivity index (χ0v) is 12.4. The number of urea groups is 1. The van der Waals surface area contributed by atoms with E-state index in [2.05, 4.69) is 24.8 Å². The predicted molar refractivity (Wildman–Crippen MR) is 70.2 cm³/mol. The second-order valence-corrected chi connectivity index (χ2v) is 4.05. The molecule has 0 spiro atoms. The van der Waals surface area contributed by atoms with Crippen LogP contribution in [0.4, 0.5) is 4.79 Å². The highest BCUT2D eigenvalue weighted by molar-refractivity contribution is 5.87. The van der Waals surface area contributed by atoms with E-state index in [9.17, 15) is 19.2 Å². The van der Waals surface area contributed by atoms with Gasteiger partial charge in [0.25, 0.3) is 0 Å². The number of ether oxygens (including phenoxy) is 3. The highest BCUT2D eigenvalue weighted by atomic mass is 16.5. The van der Waals surface area contributed by atoms with Crippen molar-refractivity contribution in [1.82, 2.24) is 10.6 Å². The minimum Gasteiger partial charge on any atom is -0.469 e. The zero-order valence-electron chi connectivity index (χ0n) is 12.4. The van der Waals surface area contributed by atoms with Gasteiger partial charge in [0.15, 0.2) is 0 Å². The second-order valence-electron chi connectivity index (χ2n) is 4.05. The summed E-state index contributed by atoms with van der Waals surface area (Å²) >= 11 is 0. The summed E-state index contributed by atoms with van der Waals surface area (Å²) in [6.07, 6.45) is -0.0531. The summed E-state index contributed by atoms with van der Waals surface area (Å²) in [5.74, 6) is -1.86. The first-order valence-corrected chi connectivity index (χ1v) is 6.15. The molecule has 2 N–H and O–H groups in total. The SMILES string of the molecule is COC(=O)CC[C@H](NC(=O)N[C@@H](C)C(=O)OC)C(=O)OC. The van der Waals surface area contributed by atoms with E-state index in [0.717, 1.165) is 7.11 Å². The quantitative estimate of drug-likeness (QED) is 0.473. The normalized spacial score (nSPS) is 12.6. The molecule has 21 heavy (non-hydrogen) atoms. The van der Waals surface area contributed by atoms with Crippen molar-refractivity contribution in [1.29, 1.82) is 0 Å². The highest BCUT2D eigenvalue weighted by Gasteiger charge is 2.24. The molecule has 0 aliphatic rings. The van der Waals surface area contributed by atoms with Crippen molar-refractivity contribution in [2.45, 2.75) is 31.8 Å². The first-order chi connectivity index (χ1) is 9.85. The Balaban J connectivity index is 4.52. The van der Waals surface area contributed by atoms with Crippen LogP contribution in [0.5, 0.6) is 0 Å². The van der Waals surface area contributed by atoms with Crippen LogP contribution in [0.15, 0.2) is 0 Å². The van der Waals surface area contributed by atoms with E-state index >= 15 is 0 Å². The standard InChI is InChI=1S/C12H20N2O7/c1-7(10(16)20-3)13-12(18)14-8(11(17)21-4)5-6-9(15)19-2/h7-8H,5-6H2,1-4H3,(H2,13,14,18)/t7-,8-/m0/s1. The smallest absolute Gasteiger partial charge is 0.328 e. The molecule has 0 saturated heterocycles. The van der Waals surface area contributed by atoms with Crippen molar-refractivity contribution in [3.05, 3.63) is 0 Å². The summed E-state index contributed by atoms with van der Waals surface area (Å²) in [5.41, 5.74) is 0. The first-order valence-electron chi connectivity index (χ1n) is 6.15. The molecule has 0 aliphatic heterocycles. The molecule has 0 unspecified atom stereocenters.